The number of fused-ring (bicyclic) bond motifs is 6. The summed E-state index contributed by atoms with van der Waals surface area (Å²) < 4.78 is 36.8. The van der Waals surface area contributed by atoms with Crippen LogP contribution in [-0.4, -0.2) is 40.2 Å². The van der Waals surface area contributed by atoms with Gasteiger partial charge in [-0.2, -0.15) is 0 Å². The molecule has 0 unspecified atom stereocenters. The van der Waals surface area contributed by atoms with Gasteiger partial charge in [0.1, 0.15) is 13.5 Å². The Hall–Kier alpha value is -2.42. The lowest BCUT2D eigenvalue weighted by atomic mass is 10.0. The Morgan fingerprint density at radius 1 is 0.926 bits per heavy atom. The van der Waals surface area contributed by atoms with Gasteiger partial charge in [-0.25, -0.2) is 17.7 Å². The summed E-state index contributed by atoms with van der Waals surface area (Å²) in [6.07, 6.45) is 1.19. The predicted molar refractivity (Wildman–Crippen MR) is 104 cm³/mol. The van der Waals surface area contributed by atoms with Crippen LogP contribution in [0.3, 0.4) is 0 Å². The lowest BCUT2D eigenvalue weighted by Gasteiger charge is -2.30. The van der Waals surface area contributed by atoms with Crippen molar-refractivity contribution in [1.29, 1.82) is 0 Å². The van der Waals surface area contributed by atoms with Crippen LogP contribution < -0.4 is 9.21 Å². The maximum absolute atomic E-state index is 12.1. The summed E-state index contributed by atoms with van der Waals surface area (Å²) in [5.74, 6) is 0. The van der Waals surface area contributed by atoms with Crippen molar-refractivity contribution in [3.63, 3.8) is 0 Å². The maximum atomic E-state index is 12.1. The summed E-state index contributed by atoms with van der Waals surface area (Å²) in [5, 5.41) is 2.00. The smallest absolute Gasteiger partial charge is 0.234 e. The topological polar surface area (TPSA) is 72.0 Å². The number of nitrogens with zero attached hydrogens (tertiary/aromatic N) is 3. The summed E-state index contributed by atoms with van der Waals surface area (Å²) >= 11 is 0. The molecule has 2 aliphatic rings. The van der Waals surface area contributed by atoms with Crippen molar-refractivity contribution in [2.75, 3.05) is 36.0 Å². The molecule has 3 aromatic rings. The monoisotopic (exact) mass is 385 g/mol. The first-order chi connectivity index (χ1) is 12.9. The number of sulfonamides is 1. The third kappa shape index (κ3) is 2.55. The summed E-state index contributed by atoms with van der Waals surface area (Å²) in [6.45, 7) is 1.43. The van der Waals surface area contributed by atoms with Crippen molar-refractivity contribution in [3.8, 4) is 0 Å². The molecule has 0 saturated carbocycles. The first-order valence-electron chi connectivity index (χ1n) is 8.66. The van der Waals surface area contributed by atoms with Gasteiger partial charge in [0.15, 0.2) is 0 Å². The van der Waals surface area contributed by atoms with E-state index in [-0.39, 0.29) is 6.73 Å². The largest absolute Gasteiger partial charge is 0.356 e. The molecular weight excluding hydrogens is 366 g/mol. The molecule has 0 radical (unpaired) electrons. The molecule has 2 aromatic carbocycles. The van der Waals surface area contributed by atoms with Crippen molar-refractivity contribution in [2.45, 2.75) is 13.2 Å². The minimum atomic E-state index is -3.42. The van der Waals surface area contributed by atoms with Crippen molar-refractivity contribution in [2.24, 2.45) is 0 Å². The molecule has 8 heteroatoms. The van der Waals surface area contributed by atoms with Gasteiger partial charge in [0.25, 0.3) is 0 Å². The van der Waals surface area contributed by atoms with Crippen LogP contribution in [0.2, 0.25) is 0 Å². The molecule has 0 saturated heterocycles. The van der Waals surface area contributed by atoms with E-state index in [1.165, 1.54) is 10.6 Å². The molecule has 5 rings (SSSR count). The first-order valence-corrected chi connectivity index (χ1v) is 10.5. The quantitative estimate of drug-likeness (QED) is 0.600. The van der Waals surface area contributed by atoms with E-state index in [1.54, 1.807) is 0 Å². The molecule has 0 bridgehead atoms. The second kappa shape index (κ2) is 5.79. The summed E-state index contributed by atoms with van der Waals surface area (Å²) in [6, 6.07) is 10.0. The summed E-state index contributed by atoms with van der Waals surface area (Å²) in [5.41, 5.74) is 5.26. The van der Waals surface area contributed by atoms with E-state index in [0.717, 1.165) is 38.6 Å². The van der Waals surface area contributed by atoms with E-state index in [2.05, 4.69) is 23.1 Å². The van der Waals surface area contributed by atoms with Gasteiger partial charge in [0.2, 0.25) is 10.0 Å². The zero-order valence-corrected chi connectivity index (χ0v) is 15.9. The molecular formula is C19H19N3O4S. The Bertz CT molecular complexity index is 1190. The van der Waals surface area contributed by atoms with Gasteiger partial charge in [-0.15, -0.1) is 0 Å². The molecule has 27 heavy (non-hydrogen) atoms. The van der Waals surface area contributed by atoms with Crippen LogP contribution in [-0.2, 0) is 32.7 Å². The lowest BCUT2D eigenvalue weighted by molar-refractivity contribution is 0.114. The zero-order chi connectivity index (χ0) is 18.8. The molecule has 7 nitrogen and oxygen atoms in total. The molecule has 0 N–H and O–H groups in total. The van der Waals surface area contributed by atoms with Gasteiger partial charge < -0.3 is 14.4 Å². The molecule has 0 spiro atoms. The molecule has 2 aliphatic heterocycles. The fraction of sp³-hybridized carbons (Fsp3) is 0.316. The molecule has 0 aliphatic carbocycles. The molecule has 0 atom stereocenters. The van der Waals surface area contributed by atoms with E-state index >= 15 is 0 Å². The van der Waals surface area contributed by atoms with Crippen LogP contribution in [0.4, 0.5) is 11.4 Å². The minimum absolute atomic E-state index is 0.0267. The molecule has 140 valence electrons. The Morgan fingerprint density at radius 3 is 2.19 bits per heavy atom. The molecule has 0 amide bonds. The second-order valence-electron chi connectivity index (χ2n) is 7.02. The van der Waals surface area contributed by atoms with Gasteiger partial charge in [-0.05, 0) is 18.2 Å². The highest BCUT2D eigenvalue weighted by molar-refractivity contribution is 7.92. The van der Waals surface area contributed by atoms with E-state index in [0.29, 0.717) is 25.6 Å². The molecule has 1 aromatic heterocycles. The number of hydrogen-bond donors (Lipinski definition) is 0. The number of anilines is 2. The zero-order valence-electron chi connectivity index (χ0n) is 15.1. The van der Waals surface area contributed by atoms with Crippen molar-refractivity contribution in [3.05, 3.63) is 41.5 Å². The number of hydrogen-bond acceptors (Lipinski definition) is 6. The molecule has 3 heterocycles. The number of ether oxygens (including phenoxy) is 2. The Balaban J connectivity index is 1.81. The Labute approximate surface area is 157 Å². The lowest BCUT2D eigenvalue weighted by Crippen LogP contribution is -2.35. The predicted octanol–water partition coefficient (Wildman–Crippen LogP) is 2.57. The third-order valence-electron chi connectivity index (χ3n) is 5.18. The van der Waals surface area contributed by atoms with Gasteiger partial charge in [-0.1, -0.05) is 12.1 Å². The average molecular weight is 385 g/mol. The molecule has 0 fully saturated rings. The van der Waals surface area contributed by atoms with Gasteiger partial charge in [0, 0.05) is 34.6 Å². The number of pyridine rings is 1. The van der Waals surface area contributed by atoms with Crippen molar-refractivity contribution < 1.29 is 17.9 Å². The minimum Gasteiger partial charge on any atom is -0.356 e. The van der Waals surface area contributed by atoms with E-state index in [1.807, 2.05) is 19.2 Å². The normalized spacial score (nSPS) is 17.3. The Morgan fingerprint density at radius 2 is 1.52 bits per heavy atom. The van der Waals surface area contributed by atoms with Crippen LogP contribution in [0.5, 0.6) is 0 Å². The van der Waals surface area contributed by atoms with Crippen molar-refractivity contribution >= 4 is 43.2 Å². The van der Waals surface area contributed by atoms with Crippen molar-refractivity contribution in [1.82, 2.24) is 4.98 Å². The van der Waals surface area contributed by atoms with Crippen LogP contribution in [0.25, 0.3) is 21.8 Å². The van der Waals surface area contributed by atoms with Crippen LogP contribution in [0.1, 0.15) is 11.1 Å². The average Bonchev–Trinajstić information content (AvgIpc) is 2.65. The highest BCUT2D eigenvalue weighted by Gasteiger charge is 2.27. The van der Waals surface area contributed by atoms with E-state index in [4.69, 9.17) is 14.5 Å². The third-order valence-corrected chi connectivity index (χ3v) is 6.28. The second-order valence-corrected chi connectivity index (χ2v) is 8.93. The first kappa shape index (κ1) is 16.7. The van der Waals surface area contributed by atoms with E-state index in [9.17, 15) is 8.42 Å². The van der Waals surface area contributed by atoms with Crippen LogP contribution in [0.15, 0.2) is 30.3 Å². The highest BCUT2D eigenvalue weighted by atomic mass is 32.2. The standard InChI is InChI=1S/C19H19N3O4S/c1-21-10-25-8-14-16(21)5-3-12-7-13-4-6-17-15(19(13)20-18(12)14)9-26-11-22(17)27(2,23)24/h3-7H,8-11H2,1-2H3. The number of aromatic nitrogens is 1. The van der Waals surface area contributed by atoms with E-state index < -0.39 is 10.0 Å². The van der Waals surface area contributed by atoms with Crippen LogP contribution >= 0.6 is 0 Å². The number of benzene rings is 2. The number of rotatable bonds is 1. The Kier molecular flexibility index (Phi) is 3.59. The van der Waals surface area contributed by atoms with Gasteiger partial charge in [-0.3, -0.25) is 0 Å². The summed E-state index contributed by atoms with van der Waals surface area (Å²) in [4.78, 5) is 7.00. The highest BCUT2D eigenvalue weighted by Crippen LogP contribution is 2.37. The van der Waals surface area contributed by atoms with Crippen LogP contribution in [0, 0.1) is 0 Å². The fourth-order valence-electron chi connectivity index (χ4n) is 3.87. The maximum Gasteiger partial charge on any atom is 0.234 e. The van der Waals surface area contributed by atoms with Gasteiger partial charge >= 0.3 is 0 Å². The SMILES string of the molecule is CN1COCc2c1ccc1cc3ccc4c(c3nc21)COCN4S(C)(=O)=O. The summed E-state index contributed by atoms with van der Waals surface area (Å²) in [7, 11) is -1.43. The fourth-order valence-corrected chi connectivity index (χ4v) is 4.66. The van der Waals surface area contributed by atoms with Gasteiger partial charge in [0.05, 0.1) is 36.2 Å².